The molecule has 2 rings (SSSR count). The predicted octanol–water partition coefficient (Wildman–Crippen LogP) is 7.71. The number of unbranched alkanes of at least 4 members (excludes halogenated alkanes) is 11. The number of aromatic nitrogens is 1. The van der Waals surface area contributed by atoms with Crippen molar-refractivity contribution in [3.8, 4) is 5.75 Å². The van der Waals surface area contributed by atoms with Crippen LogP contribution in [0.2, 0.25) is 0 Å². The lowest BCUT2D eigenvalue weighted by atomic mass is 10.1. The summed E-state index contributed by atoms with van der Waals surface area (Å²) in [6.07, 6.45) is 17.9. The Bertz CT molecular complexity index is 763. The molecule has 0 unspecified atom stereocenters. The Morgan fingerprint density at radius 1 is 0.818 bits per heavy atom. The van der Waals surface area contributed by atoms with Crippen LogP contribution < -0.4 is 4.74 Å². The van der Waals surface area contributed by atoms with E-state index in [0.717, 1.165) is 30.0 Å². The van der Waals surface area contributed by atoms with Crippen molar-refractivity contribution in [1.82, 2.24) is 9.88 Å². The average Bonchev–Trinajstić information content (AvgIpc) is 2.82. The molecule has 1 amide bonds. The highest BCUT2D eigenvalue weighted by Crippen LogP contribution is 2.17. The second-order valence-electron chi connectivity index (χ2n) is 9.08. The zero-order chi connectivity index (χ0) is 23.6. The van der Waals surface area contributed by atoms with Gasteiger partial charge in [-0.15, -0.1) is 0 Å². The summed E-state index contributed by atoms with van der Waals surface area (Å²) in [6.45, 7) is 5.71. The Morgan fingerprint density at radius 3 is 2.09 bits per heavy atom. The number of amides is 1. The van der Waals surface area contributed by atoms with Crippen LogP contribution in [-0.2, 0) is 17.9 Å². The minimum atomic E-state index is 0.0449. The highest BCUT2D eigenvalue weighted by Gasteiger charge is 2.11. The molecular weight excluding hydrogens is 408 g/mol. The van der Waals surface area contributed by atoms with E-state index in [-0.39, 0.29) is 5.91 Å². The van der Waals surface area contributed by atoms with Crippen molar-refractivity contribution in [3.05, 3.63) is 59.9 Å². The van der Waals surface area contributed by atoms with Crippen molar-refractivity contribution >= 4 is 5.91 Å². The summed E-state index contributed by atoms with van der Waals surface area (Å²) in [5, 5.41) is 0. The van der Waals surface area contributed by atoms with Crippen molar-refractivity contribution in [2.45, 2.75) is 104 Å². The van der Waals surface area contributed by atoms with Crippen LogP contribution in [0.5, 0.6) is 5.75 Å². The zero-order valence-corrected chi connectivity index (χ0v) is 20.9. The van der Waals surface area contributed by atoms with E-state index in [4.69, 9.17) is 4.74 Å². The highest BCUT2D eigenvalue weighted by molar-refractivity contribution is 5.73. The van der Waals surface area contributed by atoms with Gasteiger partial charge in [-0.2, -0.15) is 0 Å². The molecule has 0 radical (unpaired) electrons. The first-order valence-corrected chi connectivity index (χ1v) is 13.1. The van der Waals surface area contributed by atoms with Crippen molar-refractivity contribution in [1.29, 1.82) is 0 Å². The topological polar surface area (TPSA) is 42.4 Å². The van der Waals surface area contributed by atoms with Gasteiger partial charge in [-0.05, 0) is 36.2 Å². The third kappa shape index (κ3) is 12.5. The third-order valence-corrected chi connectivity index (χ3v) is 6.06. The van der Waals surface area contributed by atoms with Gasteiger partial charge in [0.05, 0.1) is 18.8 Å². The molecule has 0 aliphatic carbocycles. The molecule has 0 aliphatic rings. The number of benzene rings is 1. The first kappa shape index (κ1) is 26.9. The molecule has 4 heteroatoms. The van der Waals surface area contributed by atoms with E-state index in [1.165, 1.54) is 70.6 Å². The second-order valence-corrected chi connectivity index (χ2v) is 9.08. The van der Waals surface area contributed by atoms with Crippen LogP contribution in [0.15, 0.2) is 48.7 Å². The summed E-state index contributed by atoms with van der Waals surface area (Å²) in [5.41, 5.74) is 1.97. The molecule has 0 saturated carbocycles. The van der Waals surface area contributed by atoms with Crippen LogP contribution in [0.4, 0.5) is 0 Å². The van der Waals surface area contributed by atoms with Gasteiger partial charge in [0.2, 0.25) is 5.91 Å². The smallest absolute Gasteiger partial charge is 0.220 e. The Balaban J connectivity index is 1.59. The van der Waals surface area contributed by atoms with Gasteiger partial charge in [0.25, 0.3) is 0 Å². The number of rotatable bonds is 18. The fourth-order valence-corrected chi connectivity index (χ4v) is 4.05. The molecule has 0 atom stereocenters. The molecule has 1 aromatic heterocycles. The van der Waals surface area contributed by atoms with E-state index in [1.54, 1.807) is 13.1 Å². The lowest BCUT2D eigenvalue weighted by Crippen LogP contribution is -2.28. The summed E-state index contributed by atoms with van der Waals surface area (Å²) >= 11 is 0. The van der Waals surface area contributed by atoms with Gasteiger partial charge in [-0.1, -0.05) is 95.8 Å². The summed E-state index contributed by atoms with van der Waals surface area (Å²) in [5.74, 6) is 0.931. The summed E-state index contributed by atoms with van der Waals surface area (Å²) in [6, 6.07) is 13.9. The number of hydrogen-bond acceptors (Lipinski definition) is 3. The maximum atomic E-state index is 12.1. The highest BCUT2D eigenvalue weighted by atomic mass is 16.5. The molecule has 0 fully saturated rings. The third-order valence-electron chi connectivity index (χ3n) is 6.06. The Morgan fingerprint density at radius 2 is 1.48 bits per heavy atom. The summed E-state index contributed by atoms with van der Waals surface area (Å²) in [4.78, 5) is 18.3. The van der Waals surface area contributed by atoms with Gasteiger partial charge in [-0.25, -0.2) is 0 Å². The zero-order valence-electron chi connectivity index (χ0n) is 20.9. The first-order valence-electron chi connectivity index (χ1n) is 13.1. The standard InChI is InChI=1S/C29H44N2O2/c1-3-4-5-6-7-8-9-10-11-12-13-16-22-33-29-20-17-18-27(23-29)24-31(26(2)32)25-28-19-14-15-21-30-28/h14-15,17-21,23H,3-13,16,22,24-25H2,1-2H3. The van der Waals surface area contributed by atoms with E-state index in [1.807, 2.05) is 41.3 Å². The number of carbonyl (C=O) groups excluding carboxylic acids is 1. The Labute approximate surface area is 201 Å². The molecule has 0 saturated heterocycles. The number of hydrogen-bond donors (Lipinski definition) is 0. The van der Waals surface area contributed by atoms with Gasteiger partial charge >= 0.3 is 0 Å². The van der Waals surface area contributed by atoms with Gasteiger partial charge < -0.3 is 9.64 Å². The van der Waals surface area contributed by atoms with Crippen molar-refractivity contribution in [2.24, 2.45) is 0 Å². The van der Waals surface area contributed by atoms with Crippen molar-refractivity contribution in [2.75, 3.05) is 6.61 Å². The van der Waals surface area contributed by atoms with Crippen molar-refractivity contribution in [3.63, 3.8) is 0 Å². The minimum Gasteiger partial charge on any atom is -0.494 e. The number of pyridine rings is 1. The summed E-state index contributed by atoms with van der Waals surface area (Å²) in [7, 11) is 0. The molecule has 0 N–H and O–H groups in total. The van der Waals surface area contributed by atoms with E-state index in [2.05, 4.69) is 18.0 Å². The fourth-order valence-electron chi connectivity index (χ4n) is 4.05. The second kappa shape index (κ2) is 17.2. The van der Waals surface area contributed by atoms with Crippen molar-refractivity contribution < 1.29 is 9.53 Å². The first-order chi connectivity index (χ1) is 16.2. The molecular formula is C29H44N2O2. The van der Waals surface area contributed by atoms with E-state index >= 15 is 0 Å². The molecule has 0 spiro atoms. The number of nitrogens with zero attached hydrogens (tertiary/aromatic N) is 2. The van der Waals surface area contributed by atoms with Gasteiger partial charge in [0, 0.05) is 19.7 Å². The maximum absolute atomic E-state index is 12.1. The van der Waals surface area contributed by atoms with E-state index < -0.39 is 0 Å². The molecule has 182 valence electrons. The minimum absolute atomic E-state index is 0.0449. The summed E-state index contributed by atoms with van der Waals surface area (Å²) < 4.78 is 5.98. The van der Waals surface area contributed by atoms with Crippen LogP contribution in [0.3, 0.4) is 0 Å². The fraction of sp³-hybridized carbons (Fsp3) is 0.586. The Kier molecular flexibility index (Phi) is 14.0. The van der Waals surface area contributed by atoms with Crippen LogP contribution in [0.1, 0.15) is 102 Å². The quantitative estimate of drug-likeness (QED) is 0.217. The van der Waals surface area contributed by atoms with Gasteiger partial charge in [0.15, 0.2) is 0 Å². The Hall–Kier alpha value is -2.36. The SMILES string of the molecule is CCCCCCCCCCCCCCOc1cccc(CN(Cc2ccccn2)C(C)=O)c1. The van der Waals surface area contributed by atoms with Crippen LogP contribution in [0.25, 0.3) is 0 Å². The van der Waals surface area contributed by atoms with Crippen LogP contribution >= 0.6 is 0 Å². The molecule has 0 aliphatic heterocycles. The monoisotopic (exact) mass is 452 g/mol. The molecule has 1 heterocycles. The van der Waals surface area contributed by atoms with Gasteiger partial charge in [-0.3, -0.25) is 9.78 Å². The molecule has 33 heavy (non-hydrogen) atoms. The van der Waals surface area contributed by atoms with Crippen LogP contribution in [0, 0.1) is 0 Å². The molecule has 1 aromatic carbocycles. The van der Waals surface area contributed by atoms with Gasteiger partial charge in [0.1, 0.15) is 5.75 Å². The lowest BCUT2D eigenvalue weighted by molar-refractivity contribution is -0.130. The van der Waals surface area contributed by atoms with Crippen LogP contribution in [-0.4, -0.2) is 22.4 Å². The predicted molar refractivity (Wildman–Crippen MR) is 137 cm³/mol. The number of ether oxygens (including phenoxy) is 1. The van der Waals surface area contributed by atoms with E-state index in [9.17, 15) is 4.79 Å². The van der Waals surface area contributed by atoms with E-state index in [0.29, 0.717) is 13.1 Å². The maximum Gasteiger partial charge on any atom is 0.220 e. The number of carbonyl (C=O) groups is 1. The lowest BCUT2D eigenvalue weighted by Gasteiger charge is -2.21. The molecule has 2 aromatic rings. The average molecular weight is 453 g/mol. The molecule has 0 bridgehead atoms. The molecule has 4 nitrogen and oxygen atoms in total. The normalized spacial score (nSPS) is 10.8. The largest absolute Gasteiger partial charge is 0.494 e.